The average Bonchev–Trinajstić information content (AvgIpc) is 2.21. The predicted octanol–water partition coefficient (Wildman–Crippen LogP) is 2.48. The second-order valence-corrected chi connectivity index (χ2v) is 4.40. The third-order valence-corrected chi connectivity index (χ3v) is 2.62. The van der Waals surface area contributed by atoms with Gasteiger partial charge in [-0.3, -0.25) is 0 Å². The molecule has 0 amide bonds. The minimum absolute atomic E-state index is 0.240. The zero-order valence-electron chi connectivity index (χ0n) is 9.88. The Kier molecular flexibility index (Phi) is 5.06. The van der Waals surface area contributed by atoms with E-state index >= 15 is 0 Å². The summed E-state index contributed by atoms with van der Waals surface area (Å²) in [4.78, 5) is 0. The fraction of sp³-hybridized carbons (Fsp3) is 0.500. The van der Waals surface area contributed by atoms with Gasteiger partial charge in [0.2, 0.25) is 0 Å². The summed E-state index contributed by atoms with van der Waals surface area (Å²) in [6, 6.07) is 3.76. The van der Waals surface area contributed by atoms with Gasteiger partial charge >= 0.3 is 0 Å². The highest BCUT2D eigenvalue weighted by molar-refractivity contribution is 6.30. The highest BCUT2D eigenvalue weighted by atomic mass is 35.5. The quantitative estimate of drug-likeness (QED) is 0.835. The third kappa shape index (κ3) is 3.67. The van der Waals surface area contributed by atoms with Crippen molar-refractivity contribution in [3.63, 3.8) is 0 Å². The van der Waals surface area contributed by atoms with Crippen LogP contribution in [0, 0.1) is 6.92 Å². The number of methoxy groups -OCH3 is 1. The van der Waals surface area contributed by atoms with E-state index in [1.807, 2.05) is 13.8 Å². The Morgan fingerprint density at radius 1 is 1.50 bits per heavy atom. The van der Waals surface area contributed by atoms with Crippen molar-refractivity contribution in [2.45, 2.75) is 26.4 Å². The molecule has 1 rings (SSSR count). The monoisotopic (exact) mass is 243 g/mol. The van der Waals surface area contributed by atoms with Gasteiger partial charge in [0.25, 0.3) is 0 Å². The highest BCUT2D eigenvalue weighted by Crippen LogP contribution is 2.26. The van der Waals surface area contributed by atoms with Crippen LogP contribution in [-0.4, -0.2) is 24.9 Å². The van der Waals surface area contributed by atoms with E-state index in [2.05, 4.69) is 5.32 Å². The number of ether oxygens (including phenoxy) is 1. The molecule has 0 saturated carbocycles. The average molecular weight is 244 g/mol. The van der Waals surface area contributed by atoms with Crippen LogP contribution in [0.15, 0.2) is 12.1 Å². The van der Waals surface area contributed by atoms with E-state index in [-0.39, 0.29) is 6.04 Å². The van der Waals surface area contributed by atoms with Gasteiger partial charge < -0.3 is 15.2 Å². The minimum atomic E-state index is 0.240. The van der Waals surface area contributed by atoms with Crippen LogP contribution >= 0.6 is 11.6 Å². The summed E-state index contributed by atoms with van der Waals surface area (Å²) < 4.78 is 5.02. The highest BCUT2D eigenvalue weighted by Gasteiger charge is 2.07. The van der Waals surface area contributed by atoms with Crippen LogP contribution in [0.4, 0.5) is 0 Å². The largest absolute Gasteiger partial charge is 0.507 e. The zero-order valence-corrected chi connectivity index (χ0v) is 10.6. The molecule has 4 heteroatoms. The number of hydrogen-bond acceptors (Lipinski definition) is 3. The fourth-order valence-corrected chi connectivity index (χ4v) is 1.83. The van der Waals surface area contributed by atoms with Gasteiger partial charge in [0.1, 0.15) is 5.75 Å². The van der Waals surface area contributed by atoms with E-state index < -0.39 is 0 Å². The van der Waals surface area contributed by atoms with Crippen LogP contribution in [0.25, 0.3) is 0 Å². The Hall–Kier alpha value is -0.770. The van der Waals surface area contributed by atoms with Gasteiger partial charge in [-0.05, 0) is 31.5 Å². The van der Waals surface area contributed by atoms with Gasteiger partial charge in [-0.1, -0.05) is 11.6 Å². The Morgan fingerprint density at radius 2 is 2.19 bits per heavy atom. The first-order valence-corrected chi connectivity index (χ1v) is 5.62. The van der Waals surface area contributed by atoms with E-state index in [1.54, 1.807) is 19.2 Å². The smallest absolute Gasteiger partial charge is 0.123 e. The number of hydrogen-bond donors (Lipinski definition) is 2. The maximum Gasteiger partial charge on any atom is 0.123 e. The molecule has 1 unspecified atom stereocenters. The summed E-state index contributed by atoms with van der Waals surface area (Å²) in [7, 11) is 1.67. The van der Waals surface area contributed by atoms with Crippen molar-refractivity contribution < 1.29 is 9.84 Å². The molecule has 0 aliphatic rings. The Labute approximate surface area is 101 Å². The summed E-state index contributed by atoms with van der Waals surface area (Å²) >= 11 is 5.93. The molecule has 90 valence electrons. The minimum Gasteiger partial charge on any atom is -0.507 e. The summed E-state index contributed by atoms with van der Waals surface area (Å²) in [6.07, 6.45) is 0. The van der Waals surface area contributed by atoms with Gasteiger partial charge in [0.15, 0.2) is 0 Å². The molecule has 0 spiro atoms. The predicted molar refractivity (Wildman–Crippen MR) is 66.0 cm³/mol. The van der Waals surface area contributed by atoms with E-state index in [0.717, 1.165) is 11.1 Å². The van der Waals surface area contributed by atoms with Crippen LogP contribution in [0.1, 0.15) is 18.1 Å². The summed E-state index contributed by atoms with van der Waals surface area (Å²) in [5, 5.41) is 13.7. The molecule has 3 nitrogen and oxygen atoms in total. The van der Waals surface area contributed by atoms with Crippen LogP contribution in [0.5, 0.6) is 5.75 Å². The lowest BCUT2D eigenvalue weighted by atomic mass is 10.1. The molecule has 2 N–H and O–H groups in total. The number of aromatic hydroxyl groups is 1. The van der Waals surface area contributed by atoms with Gasteiger partial charge in [-0.2, -0.15) is 0 Å². The number of phenols is 1. The molecular formula is C12H18ClNO2. The summed E-state index contributed by atoms with van der Waals surface area (Å²) in [5.41, 5.74) is 1.61. The first-order chi connectivity index (χ1) is 7.54. The molecule has 1 atom stereocenters. The standard InChI is InChI=1S/C12H18ClNO2/c1-8-4-11(13)5-10(12(8)15)6-14-9(2)7-16-3/h4-5,9,14-15H,6-7H2,1-3H3. The van der Waals surface area contributed by atoms with Gasteiger partial charge in [-0.25, -0.2) is 0 Å². The topological polar surface area (TPSA) is 41.5 Å². The zero-order chi connectivity index (χ0) is 12.1. The molecule has 16 heavy (non-hydrogen) atoms. The molecule has 0 aliphatic heterocycles. The van der Waals surface area contributed by atoms with Gasteiger partial charge in [0.05, 0.1) is 6.61 Å². The van der Waals surface area contributed by atoms with Crippen molar-refractivity contribution in [1.82, 2.24) is 5.32 Å². The Balaban J connectivity index is 2.66. The molecule has 0 fully saturated rings. The molecule has 1 aromatic rings. The second-order valence-electron chi connectivity index (χ2n) is 3.97. The SMILES string of the molecule is COCC(C)NCc1cc(Cl)cc(C)c1O. The number of phenolic OH excluding ortho intramolecular Hbond substituents is 1. The summed E-state index contributed by atoms with van der Waals surface area (Å²) in [5.74, 6) is 0.307. The number of rotatable bonds is 5. The normalized spacial score (nSPS) is 12.8. The van der Waals surface area contributed by atoms with E-state index in [9.17, 15) is 5.11 Å². The second kappa shape index (κ2) is 6.09. The number of nitrogens with one attached hydrogen (secondary N) is 1. The molecular weight excluding hydrogens is 226 g/mol. The van der Waals surface area contributed by atoms with Crippen molar-refractivity contribution in [1.29, 1.82) is 0 Å². The lowest BCUT2D eigenvalue weighted by Gasteiger charge is -2.14. The van der Waals surface area contributed by atoms with Crippen LogP contribution in [0.2, 0.25) is 5.02 Å². The molecule has 0 saturated heterocycles. The van der Waals surface area contributed by atoms with Crippen LogP contribution < -0.4 is 5.32 Å². The molecule has 0 aliphatic carbocycles. The maximum absolute atomic E-state index is 9.83. The first kappa shape index (κ1) is 13.3. The van der Waals surface area contributed by atoms with Gasteiger partial charge in [-0.15, -0.1) is 0 Å². The number of benzene rings is 1. The number of aryl methyl sites for hydroxylation is 1. The summed E-state index contributed by atoms with van der Waals surface area (Å²) in [6.45, 7) is 5.08. The number of halogens is 1. The first-order valence-electron chi connectivity index (χ1n) is 5.25. The van der Waals surface area contributed by atoms with Crippen molar-refractivity contribution in [3.05, 3.63) is 28.3 Å². The Morgan fingerprint density at radius 3 is 2.81 bits per heavy atom. The van der Waals surface area contributed by atoms with Crippen molar-refractivity contribution >= 4 is 11.6 Å². The van der Waals surface area contributed by atoms with Crippen molar-refractivity contribution in [2.75, 3.05) is 13.7 Å². The Bertz CT molecular complexity index is 355. The van der Waals surface area contributed by atoms with Crippen molar-refractivity contribution in [2.24, 2.45) is 0 Å². The van der Waals surface area contributed by atoms with Gasteiger partial charge in [0, 0.05) is 30.3 Å². The maximum atomic E-state index is 9.83. The third-order valence-electron chi connectivity index (χ3n) is 2.40. The lowest BCUT2D eigenvalue weighted by molar-refractivity contribution is 0.171. The fourth-order valence-electron chi connectivity index (χ4n) is 1.53. The molecule has 0 aromatic heterocycles. The molecule has 0 radical (unpaired) electrons. The molecule has 1 aromatic carbocycles. The van der Waals surface area contributed by atoms with E-state index in [0.29, 0.717) is 23.9 Å². The van der Waals surface area contributed by atoms with Crippen LogP contribution in [-0.2, 0) is 11.3 Å². The van der Waals surface area contributed by atoms with E-state index in [4.69, 9.17) is 16.3 Å². The van der Waals surface area contributed by atoms with Crippen LogP contribution in [0.3, 0.4) is 0 Å². The van der Waals surface area contributed by atoms with Crippen molar-refractivity contribution in [3.8, 4) is 5.75 Å². The molecule has 0 bridgehead atoms. The lowest BCUT2D eigenvalue weighted by Crippen LogP contribution is -2.29. The van der Waals surface area contributed by atoms with E-state index in [1.165, 1.54) is 0 Å². The molecule has 0 heterocycles.